The van der Waals surface area contributed by atoms with Crippen molar-refractivity contribution in [2.24, 2.45) is 0 Å². The average Bonchev–Trinajstić information content (AvgIpc) is 2.15. The van der Waals surface area contributed by atoms with Crippen molar-refractivity contribution >= 4 is 17.4 Å². The number of pyridine rings is 1. The van der Waals surface area contributed by atoms with Crippen molar-refractivity contribution < 1.29 is 0 Å². The van der Waals surface area contributed by atoms with E-state index < -0.39 is 0 Å². The molecule has 0 radical (unpaired) electrons. The minimum Gasteiger partial charge on any atom is -0.383 e. The molecule has 0 saturated heterocycles. The molecule has 2 N–H and O–H groups in total. The smallest absolute Gasteiger partial charge is 0.139 e. The molecule has 0 bridgehead atoms. The molecule has 1 aromatic rings. The summed E-state index contributed by atoms with van der Waals surface area (Å²) in [4.78, 5) is 3.93. The maximum Gasteiger partial charge on any atom is 0.139 e. The zero-order chi connectivity index (χ0) is 9.52. The van der Waals surface area contributed by atoms with Crippen molar-refractivity contribution in [3.05, 3.63) is 23.9 Å². The minimum absolute atomic E-state index is 0.487. The van der Waals surface area contributed by atoms with Crippen LogP contribution in [0.15, 0.2) is 18.3 Å². The Kier molecular flexibility index (Phi) is 4.14. The first-order valence-electron chi connectivity index (χ1n) is 4.10. The van der Waals surface area contributed by atoms with Crippen LogP contribution in [0.1, 0.15) is 18.4 Å². The highest BCUT2D eigenvalue weighted by atomic mass is 35.5. The monoisotopic (exact) mass is 194 g/mol. The summed E-state index contributed by atoms with van der Waals surface area (Å²) in [6.45, 7) is 0. The number of nitrogens with zero attached hydrogens (tertiary/aromatic N) is 1. The summed E-state index contributed by atoms with van der Waals surface area (Å²) < 4.78 is 0. The minimum atomic E-state index is 0.487. The molecule has 2 nitrogen and oxygen atoms in total. The van der Waals surface area contributed by atoms with E-state index >= 15 is 0 Å². The van der Waals surface area contributed by atoms with Gasteiger partial charge in [0.1, 0.15) is 5.82 Å². The van der Waals surface area contributed by atoms with Crippen molar-refractivity contribution in [2.45, 2.75) is 12.8 Å². The first-order valence-corrected chi connectivity index (χ1v) is 4.63. The van der Waals surface area contributed by atoms with E-state index in [0.29, 0.717) is 11.7 Å². The third-order valence-electron chi connectivity index (χ3n) is 1.50. The normalized spacial score (nSPS) is 9.00. The Balaban J connectivity index is 2.61. The van der Waals surface area contributed by atoms with E-state index in [0.717, 1.165) is 18.4 Å². The predicted molar refractivity (Wildman–Crippen MR) is 55.5 cm³/mol. The number of nitrogens with two attached hydrogens (primary N) is 1. The maximum absolute atomic E-state index is 5.60. The number of rotatable bonds is 2. The summed E-state index contributed by atoms with van der Waals surface area (Å²) in [6.07, 6.45) is 3.37. The molecule has 1 aromatic heterocycles. The lowest BCUT2D eigenvalue weighted by Gasteiger charge is -1.93. The van der Waals surface area contributed by atoms with Crippen LogP contribution in [0, 0.1) is 11.8 Å². The third kappa shape index (κ3) is 3.35. The van der Waals surface area contributed by atoms with E-state index in [1.807, 2.05) is 12.1 Å². The van der Waals surface area contributed by atoms with Gasteiger partial charge in [0, 0.05) is 18.5 Å². The fourth-order valence-corrected chi connectivity index (χ4v) is 0.970. The molecular formula is C10H11ClN2. The van der Waals surface area contributed by atoms with E-state index in [4.69, 9.17) is 17.3 Å². The Labute approximate surface area is 83.1 Å². The van der Waals surface area contributed by atoms with E-state index in [-0.39, 0.29) is 0 Å². The van der Waals surface area contributed by atoms with Crippen LogP contribution in [-0.4, -0.2) is 10.9 Å². The molecule has 0 saturated carbocycles. The summed E-state index contributed by atoms with van der Waals surface area (Å²) in [5, 5.41) is 0. The molecule has 0 aliphatic rings. The Morgan fingerprint density at radius 2 is 2.38 bits per heavy atom. The lowest BCUT2D eigenvalue weighted by Crippen LogP contribution is -1.92. The van der Waals surface area contributed by atoms with Gasteiger partial charge in [-0.2, -0.15) is 0 Å². The highest BCUT2D eigenvalue weighted by Crippen LogP contribution is 2.04. The van der Waals surface area contributed by atoms with Crippen LogP contribution in [0.5, 0.6) is 0 Å². The molecule has 0 unspecified atom stereocenters. The summed E-state index contributed by atoms with van der Waals surface area (Å²) in [7, 11) is 0. The fourth-order valence-electron chi connectivity index (χ4n) is 0.836. The number of halogens is 1. The summed E-state index contributed by atoms with van der Waals surface area (Å²) in [6, 6.07) is 3.68. The van der Waals surface area contributed by atoms with Crippen molar-refractivity contribution in [1.29, 1.82) is 0 Å². The van der Waals surface area contributed by atoms with Gasteiger partial charge in [-0.1, -0.05) is 11.8 Å². The summed E-state index contributed by atoms with van der Waals surface area (Å²) in [5.41, 5.74) is 6.38. The molecular weight excluding hydrogens is 184 g/mol. The van der Waals surface area contributed by atoms with Gasteiger partial charge in [-0.05, 0) is 18.6 Å². The average molecular weight is 195 g/mol. The van der Waals surface area contributed by atoms with Gasteiger partial charge in [0.05, 0.1) is 5.56 Å². The van der Waals surface area contributed by atoms with Crippen LogP contribution in [0.2, 0.25) is 0 Å². The van der Waals surface area contributed by atoms with Gasteiger partial charge in [-0.3, -0.25) is 0 Å². The van der Waals surface area contributed by atoms with Gasteiger partial charge in [0.2, 0.25) is 0 Å². The van der Waals surface area contributed by atoms with Crippen molar-refractivity contribution in [1.82, 2.24) is 4.98 Å². The second-order valence-corrected chi connectivity index (χ2v) is 2.91. The maximum atomic E-state index is 5.60. The Morgan fingerprint density at radius 3 is 3.08 bits per heavy atom. The molecule has 13 heavy (non-hydrogen) atoms. The van der Waals surface area contributed by atoms with Gasteiger partial charge < -0.3 is 5.73 Å². The second kappa shape index (κ2) is 5.45. The molecule has 0 atom stereocenters. The van der Waals surface area contributed by atoms with Crippen LogP contribution in [0.3, 0.4) is 0 Å². The number of unbranched alkanes of at least 4 members (excludes halogenated alkanes) is 1. The molecule has 0 amide bonds. The van der Waals surface area contributed by atoms with Gasteiger partial charge >= 0.3 is 0 Å². The lowest BCUT2D eigenvalue weighted by molar-refractivity contribution is 0.991. The Morgan fingerprint density at radius 1 is 1.54 bits per heavy atom. The Bertz CT molecular complexity index is 325. The molecule has 1 heterocycles. The number of aromatic nitrogens is 1. The van der Waals surface area contributed by atoms with E-state index in [2.05, 4.69) is 16.8 Å². The topological polar surface area (TPSA) is 38.9 Å². The van der Waals surface area contributed by atoms with Crippen molar-refractivity contribution in [2.75, 3.05) is 11.6 Å². The predicted octanol–water partition coefficient (Wildman–Crippen LogP) is 2.03. The molecule has 0 aromatic carbocycles. The quantitative estimate of drug-likeness (QED) is 0.445. The standard InChI is InChI=1S/C10H11ClN2/c11-7-3-1-2-5-9-6-4-8-13-10(9)12/h4,6,8H,1,3,7H2,(H2,12,13). The third-order valence-corrected chi connectivity index (χ3v) is 1.76. The second-order valence-electron chi connectivity index (χ2n) is 2.53. The van der Waals surface area contributed by atoms with Gasteiger partial charge in [0.25, 0.3) is 0 Å². The largest absolute Gasteiger partial charge is 0.383 e. The van der Waals surface area contributed by atoms with Gasteiger partial charge in [0.15, 0.2) is 0 Å². The molecule has 1 rings (SSSR count). The SMILES string of the molecule is Nc1ncccc1C#CCCCCl. The van der Waals surface area contributed by atoms with Crippen LogP contribution < -0.4 is 5.73 Å². The number of alkyl halides is 1. The molecule has 0 spiro atoms. The van der Waals surface area contributed by atoms with E-state index in [9.17, 15) is 0 Å². The van der Waals surface area contributed by atoms with Gasteiger partial charge in [-0.15, -0.1) is 11.6 Å². The number of nitrogen functional groups attached to an aromatic ring is 1. The van der Waals surface area contributed by atoms with Crippen LogP contribution in [0.4, 0.5) is 5.82 Å². The lowest BCUT2D eigenvalue weighted by atomic mass is 10.2. The number of hydrogen-bond donors (Lipinski definition) is 1. The highest BCUT2D eigenvalue weighted by molar-refractivity contribution is 6.17. The molecule has 0 fully saturated rings. The van der Waals surface area contributed by atoms with E-state index in [1.165, 1.54) is 0 Å². The number of anilines is 1. The molecule has 3 heteroatoms. The first-order chi connectivity index (χ1) is 6.34. The van der Waals surface area contributed by atoms with Crippen molar-refractivity contribution in [3.8, 4) is 11.8 Å². The summed E-state index contributed by atoms with van der Waals surface area (Å²) >= 11 is 5.51. The molecule has 0 aliphatic carbocycles. The zero-order valence-electron chi connectivity index (χ0n) is 7.26. The van der Waals surface area contributed by atoms with Gasteiger partial charge in [-0.25, -0.2) is 4.98 Å². The summed E-state index contributed by atoms with van der Waals surface area (Å²) in [5.74, 6) is 7.08. The molecule has 0 aliphatic heterocycles. The highest BCUT2D eigenvalue weighted by Gasteiger charge is 1.91. The van der Waals surface area contributed by atoms with Crippen LogP contribution in [-0.2, 0) is 0 Å². The van der Waals surface area contributed by atoms with Crippen LogP contribution >= 0.6 is 11.6 Å². The first kappa shape index (κ1) is 9.88. The van der Waals surface area contributed by atoms with Crippen molar-refractivity contribution in [3.63, 3.8) is 0 Å². The zero-order valence-corrected chi connectivity index (χ0v) is 8.01. The number of hydrogen-bond acceptors (Lipinski definition) is 2. The fraction of sp³-hybridized carbons (Fsp3) is 0.300. The van der Waals surface area contributed by atoms with Crippen LogP contribution in [0.25, 0.3) is 0 Å². The molecule has 68 valence electrons. The van der Waals surface area contributed by atoms with E-state index in [1.54, 1.807) is 6.20 Å². The Hall–Kier alpha value is -1.20.